The van der Waals surface area contributed by atoms with Gasteiger partial charge in [-0.2, -0.15) is 25.6 Å². The number of allylic oxidation sites excluding steroid dienone is 1. The van der Waals surface area contributed by atoms with Crippen LogP contribution in [0, 0.1) is 34.0 Å². The number of thioether (sulfide) groups is 2. The number of benzene rings is 2. The van der Waals surface area contributed by atoms with Crippen molar-refractivity contribution in [2.75, 3.05) is 17.8 Å². The first-order valence-corrected chi connectivity index (χ1v) is 12.9. The Hall–Kier alpha value is -4.63. The van der Waals surface area contributed by atoms with Gasteiger partial charge in [0.2, 0.25) is 0 Å². The van der Waals surface area contributed by atoms with Gasteiger partial charge in [0.15, 0.2) is 11.4 Å². The van der Waals surface area contributed by atoms with E-state index in [0.29, 0.717) is 16.4 Å². The van der Waals surface area contributed by atoms with Crippen LogP contribution in [-0.4, -0.2) is 37.5 Å². The molecule has 0 atom stereocenters. The van der Waals surface area contributed by atoms with E-state index < -0.39 is 0 Å². The van der Waals surface area contributed by atoms with Gasteiger partial charge in [0.25, 0.3) is 5.95 Å². The van der Waals surface area contributed by atoms with Crippen LogP contribution in [0.3, 0.4) is 0 Å². The molecule has 2 aromatic heterocycles. The van der Waals surface area contributed by atoms with Crippen molar-refractivity contribution in [3.63, 3.8) is 0 Å². The van der Waals surface area contributed by atoms with E-state index in [2.05, 4.69) is 26.7 Å². The fourth-order valence-corrected chi connectivity index (χ4v) is 4.35. The molecular weight excluding hydrogens is 490 g/mol. The maximum Gasteiger partial charge on any atom is 0.272 e. The Kier molecular flexibility index (Phi) is 7.62. The first-order valence-electron chi connectivity index (χ1n) is 10.4. The van der Waals surface area contributed by atoms with E-state index in [1.54, 1.807) is 12.5 Å². The molecule has 36 heavy (non-hydrogen) atoms. The average Bonchev–Trinajstić information content (AvgIpc) is 3.30. The molecule has 0 amide bonds. The third-order valence-corrected chi connectivity index (χ3v) is 6.39. The molecule has 4 rings (SSSR count). The van der Waals surface area contributed by atoms with Gasteiger partial charge < -0.3 is 5.32 Å². The van der Waals surface area contributed by atoms with Crippen LogP contribution in [0.4, 0.5) is 5.82 Å². The zero-order valence-electron chi connectivity index (χ0n) is 19.2. The second kappa shape index (κ2) is 11.2. The van der Waals surface area contributed by atoms with Crippen molar-refractivity contribution in [2.24, 2.45) is 0 Å². The second-order valence-corrected chi connectivity index (χ2v) is 8.67. The zero-order valence-corrected chi connectivity index (χ0v) is 20.8. The van der Waals surface area contributed by atoms with Crippen LogP contribution >= 0.6 is 23.5 Å². The highest BCUT2D eigenvalue weighted by atomic mass is 32.2. The Bertz CT molecular complexity index is 1540. The predicted molar refractivity (Wildman–Crippen MR) is 140 cm³/mol. The fourth-order valence-electron chi connectivity index (χ4n) is 3.35. The quantitative estimate of drug-likeness (QED) is 0.268. The Labute approximate surface area is 216 Å². The summed E-state index contributed by atoms with van der Waals surface area (Å²) in [6.07, 6.45) is 3.52. The molecule has 2 heterocycles. The lowest BCUT2D eigenvalue weighted by Crippen LogP contribution is -2.12. The summed E-state index contributed by atoms with van der Waals surface area (Å²) in [5, 5.41) is 45.7. The molecular formula is C25H17N9S2. The summed E-state index contributed by atoms with van der Waals surface area (Å²) in [5.41, 5.74) is 2.99. The van der Waals surface area contributed by atoms with E-state index >= 15 is 0 Å². The normalized spacial score (nSPS) is 10.1. The van der Waals surface area contributed by atoms with E-state index in [1.165, 1.54) is 28.2 Å². The van der Waals surface area contributed by atoms with Crippen molar-refractivity contribution in [1.29, 1.82) is 15.8 Å². The van der Waals surface area contributed by atoms with Gasteiger partial charge in [0.1, 0.15) is 45.2 Å². The van der Waals surface area contributed by atoms with Crippen LogP contribution in [-0.2, 0) is 0 Å². The molecule has 0 unspecified atom stereocenters. The number of hydrogen-bond donors (Lipinski definition) is 1. The molecule has 0 spiro atoms. The lowest BCUT2D eigenvalue weighted by Gasteiger charge is -2.13. The monoisotopic (exact) mass is 507 g/mol. The topological polar surface area (TPSA) is 140 Å². The van der Waals surface area contributed by atoms with Crippen LogP contribution in [0.1, 0.15) is 5.56 Å². The molecule has 0 saturated heterocycles. The van der Waals surface area contributed by atoms with Gasteiger partial charge in [-0.3, -0.25) is 0 Å². The lowest BCUT2D eigenvalue weighted by atomic mass is 10.0. The summed E-state index contributed by atoms with van der Waals surface area (Å²) in [4.78, 5) is 4.81. The molecule has 0 aliphatic heterocycles. The van der Waals surface area contributed by atoms with Gasteiger partial charge in [-0.25, -0.2) is 4.98 Å². The van der Waals surface area contributed by atoms with Gasteiger partial charge in [-0.15, -0.1) is 33.7 Å². The summed E-state index contributed by atoms with van der Waals surface area (Å²) >= 11 is 2.45. The average molecular weight is 508 g/mol. The van der Waals surface area contributed by atoms with Crippen molar-refractivity contribution in [1.82, 2.24) is 25.0 Å². The summed E-state index contributed by atoms with van der Waals surface area (Å²) < 4.78 is 1.38. The van der Waals surface area contributed by atoms with E-state index in [-0.39, 0.29) is 27.9 Å². The van der Waals surface area contributed by atoms with Gasteiger partial charge in [-0.05, 0) is 12.5 Å². The van der Waals surface area contributed by atoms with Gasteiger partial charge >= 0.3 is 0 Å². The molecule has 0 bridgehead atoms. The molecule has 1 N–H and O–H groups in total. The number of rotatable bonds is 7. The van der Waals surface area contributed by atoms with Gasteiger partial charge in [0, 0.05) is 11.1 Å². The first kappa shape index (κ1) is 24.5. The van der Waals surface area contributed by atoms with E-state index in [9.17, 15) is 15.8 Å². The number of nitrogens with zero attached hydrogens (tertiary/aromatic N) is 8. The highest BCUT2D eigenvalue weighted by molar-refractivity contribution is 8.02. The Morgan fingerprint density at radius 1 is 0.861 bits per heavy atom. The number of nitriles is 3. The summed E-state index contributed by atoms with van der Waals surface area (Å²) in [6, 6.07) is 25.1. The maximum atomic E-state index is 9.89. The van der Waals surface area contributed by atoms with Crippen LogP contribution in [0.15, 0.2) is 76.3 Å². The molecule has 174 valence electrons. The van der Waals surface area contributed by atoms with Crippen molar-refractivity contribution in [3.8, 4) is 46.7 Å². The van der Waals surface area contributed by atoms with E-state index in [4.69, 9.17) is 4.98 Å². The minimum atomic E-state index is -0.117. The molecule has 2 aromatic carbocycles. The largest absolute Gasteiger partial charge is 0.332 e. The van der Waals surface area contributed by atoms with Crippen LogP contribution < -0.4 is 5.32 Å². The van der Waals surface area contributed by atoms with E-state index in [1.807, 2.05) is 72.8 Å². The SMILES string of the molecule is CSC(Nc1c(C#N)c(SC)nn1-c1nnc(-c2ccccc2)c(-c2ccccc2)n1)=C(C#N)C#N. The van der Waals surface area contributed by atoms with Crippen LogP contribution in [0.2, 0.25) is 0 Å². The molecule has 0 saturated carbocycles. The molecule has 0 radical (unpaired) electrons. The smallest absolute Gasteiger partial charge is 0.272 e. The molecule has 9 nitrogen and oxygen atoms in total. The van der Waals surface area contributed by atoms with Crippen molar-refractivity contribution >= 4 is 29.3 Å². The highest BCUT2D eigenvalue weighted by Gasteiger charge is 2.24. The third kappa shape index (κ3) is 4.77. The number of nitrogens with one attached hydrogen (secondary N) is 1. The standard InChI is InChI=1S/C25H17N9S2/c1-35-23(18(13-26)14-27)30-22-19(15-28)24(36-2)33-34(22)25-29-20(16-9-5-3-6-10-16)21(31-32-25)17-11-7-4-8-12-17/h3-12,30H,1-2H3. The Morgan fingerprint density at radius 2 is 1.47 bits per heavy atom. The van der Waals surface area contributed by atoms with Crippen molar-refractivity contribution < 1.29 is 0 Å². The second-order valence-electron chi connectivity index (χ2n) is 7.05. The summed E-state index contributed by atoms with van der Waals surface area (Å²) in [5.74, 6) is 0.367. The molecule has 11 heteroatoms. The summed E-state index contributed by atoms with van der Waals surface area (Å²) in [6.45, 7) is 0. The minimum absolute atomic E-state index is 0.117. The highest BCUT2D eigenvalue weighted by Crippen LogP contribution is 2.33. The molecule has 0 aliphatic rings. The predicted octanol–water partition coefficient (Wildman–Crippen LogP) is 5.02. The van der Waals surface area contributed by atoms with Gasteiger partial charge in [0.05, 0.1) is 0 Å². The first-order chi connectivity index (χ1) is 17.6. The number of anilines is 1. The van der Waals surface area contributed by atoms with Gasteiger partial charge in [-0.1, -0.05) is 60.7 Å². The number of hydrogen-bond acceptors (Lipinski definition) is 10. The Morgan fingerprint density at radius 3 is 2.00 bits per heavy atom. The molecule has 0 aliphatic carbocycles. The maximum absolute atomic E-state index is 9.89. The lowest BCUT2D eigenvalue weighted by molar-refractivity contribution is 0.760. The van der Waals surface area contributed by atoms with Crippen LogP contribution in [0.25, 0.3) is 28.5 Å². The third-order valence-electron chi connectivity index (χ3n) is 5.00. The molecule has 0 fully saturated rings. The Balaban J connectivity index is 1.96. The molecule has 4 aromatic rings. The minimum Gasteiger partial charge on any atom is -0.332 e. The summed E-state index contributed by atoms with van der Waals surface area (Å²) in [7, 11) is 0. The van der Waals surface area contributed by atoms with E-state index in [0.717, 1.165) is 11.1 Å². The van der Waals surface area contributed by atoms with Crippen LogP contribution in [0.5, 0.6) is 0 Å². The van der Waals surface area contributed by atoms with Crippen molar-refractivity contribution in [3.05, 3.63) is 76.8 Å². The number of aromatic nitrogens is 5. The fraction of sp³-hybridized carbons (Fsp3) is 0.0800. The zero-order chi connectivity index (χ0) is 25.5. The van der Waals surface area contributed by atoms with Crippen molar-refractivity contribution in [2.45, 2.75) is 5.03 Å².